The van der Waals surface area contributed by atoms with E-state index < -0.39 is 0 Å². The van der Waals surface area contributed by atoms with Crippen molar-refractivity contribution in [1.29, 1.82) is 0 Å². The Morgan fingerprint density at radius 2 is 0.962 bits per heavy atom. The molecule has 26 heavy (non-hydrogen) atoms. The van der Waals surface area contributed by atoms with E-state index in [2.05, 4.69) is 0 Å². The summed E-state index contributed by atoms with van der Waals surface area (Å²) in [7, 11) is 1.43. The lowest BCUT2D eigenvalue weighted by Crippen LogP contribution is -1.81. The number of benzene rings is 3. The molecule has 0 bridgehead atoms. The summed E-state index contributed by atoms with van der Waals surface area (Å²) in [4.78, 5) is 0. The molecule has 3 aromatic rings. The summed E-state index contributed by atoms with van der Waals surface area (Å²) in [5.74, 6) is 0.570. The molecule has 138 valence electrons. The molecule has 0 aliphatic carbocycles. The van der Waals surface area contributed by atoms with Crippen LogP contribution in [0.2, 0.25) is 0 Å². The lowest BCUT2D eigenvalue weighted by Gasteiger charge is -2.01. The molecule has 0 heterocycles. The number of hydrogen-bond acceptors (Lipinski definition) is 7. The minimum Gasteiger partial charge on any atom is -0.508 e. The molecule has 0 saturated heterocycles. The Kier molecular flexibility index (Phi) is 7.96. The molecule has 3 rings (SSSR count). The van der Waals surface area contributed by atoms with E-state index in [1.54, 1.807) is 12.1 Å². The van der Waals surface area contributed by atoms with Crippen LogP contribution in [0.1, 0.15) is 0 Å². The molecular formula is C19H20O7. The van der Waals surface area contributed by atoms with Crippen LogP contribution in [0.25, 0.3) is 0 Å². The normalized spacial score (nSPS) is 9.12. The van der Waals surface area contributed by atoms with Gasteiger partial charge in [0.1, 0.15) is 17.2 Å². The maximum absolute atomic E-state index is 9.00. The number of ether oxygens (including phenoxy) is 1. The van der Waals surface area contributed by atoms with E-state index in [0.29, 0.717) is 0 Å². The quantitative estimate of drug-likeness (QED) is 0.290. The van der Waals surface area contributed by atoms with Gasteiger partial charge in [-0.15, -0.1) is 0 Å². The molecule has 0 spiro atoms. The monoisotopic (exact) mass is 360 g/mol. The molecule has 0 aliphatic heterocycles. The van der Waals surface area contributed by atoms with E-state index >= 15 is 0 Å². The Labute approximate surface area is 150 Å². The second-order valence-corrected chi connectivity index (χ2v) is 4.86. The van der Waals surface area contributed by atoms with Crippen LogP contribution in [0, 0.1) is 0 Å². The lowest BCUT2D eigenvalue weighted by molar-refractivity contribution is 0.368. The van der Waals surface area contributed by atoms with Gasteiger partial charge < -0.3 is 35.4 Å². The number of para-hydroxylation sites is 2. The fourth-order valence-corrected chi connectivity index (χ4v) is 1.58. The molecule has 0 fully saturated rings. The predicted molar refractivity (Wildman–Crippen MR) is 95.9 cm³/mol. The number of methoxy groups -OCH3 is 1. The molecule has 0 radical (unpaired) electrons. The van der Waals surface area contributed by atoms with Crippen molar-refractivity contribution in [2.45, 2.75) is 0 Å². The maximum Gasteiger partial charge on any atom is 0.164 e. The van der Waals surface area contributed by atoms with Gasteiger partial charge in [-0.1, -0.05) is 12.1 Å². The average molecular weight is 360 g/mol. The van der Waals surface area contributed by atoms with Gasteiger partial charge in [0.2, 0.25) is 0 Å². The standard InChI is InChI=1S/C7H8O3.2C6H6O2/c1-10-7-4-5(8)2-3-6(7)9;7-5-1-2-6(8)4-3-5;7-5-3-1-2-4-6(5)8/h2-4,8-9H,1H3;2*1-4,7-8H. The lowest BCUT2D eigenvalue weighted by atomic mass is 10.3. The van der Waals surface area contributed by atoms with Crippen molar-refractivity contribution in [2.75, 3.05) is 7.11 Å². The van der Waals surface area contributed by atoms with Gasteiger partial charge in [-0.05, 0) is 48.5 Å². The molecule has 0 atom stereocenters. The van der Waals surface area contributed by atoms with E-state index in [4.69, 9.17) is 35.4 Å². The summed E-state index contributed by atoms with van der Waals surface area (Å²) >= 11 is 0. The summed E-state index contributed by atoms with van der Waals surface area (Å²) in [6.45, 7) is 0. The molecule has 0 aliphatic rings. The van der Waals surface area contributed by atoms with Crippen molar-refractivity contribution in [3.63, 3.8) is 0 Å². The second kappa shape index (κ2) is 10.2. The van der Waals surface area contributed by atoms with Crippen LogP contribution < -0.4 is 4.74 Å². The molecule has 0 amide bonds. The minimum atomic E-state index is -0.0764. The highest BCUT2D eigenvalue weighted by molar-refractivity contribution is 5.43. The molecule has 7 heteroatoms. The van der Waals surface area contributed by atoms with E-state index in [1.807, 2.05) is 0 Å². The average Bonchev–Trinajstić information content (AvgIpc) is 2.63. The molecule has 0 unspecified atom stereocenters. The van der Waals surface area contributed by atoms with Gasteiger partial charge >= 0.3 is 0 Å². The molecule has 3 aromatic carbocycles. The Morgan fingerprint density at radius 3 is 1.31 bits per heavy atom. The number of aromatic hydroxyl groups is 6. The van der Waals surface area contributed by atoms with E-state index in [-0.39, 0.29) is 40.2 Å². The third-order valence-corrected chi connectivity index (χ3v) is 2.89. The Hall–Kier alpha value is -3.74. The van der Waals surface area contributed by atoms with Crippen LogP contribution in [0.5, 0.6) is 40.2 Å². The van der Waals surface area contributed by atoms with Gasteiger partial charge in [-0.3, -0.25) is 0 Å². The first kappa shape index (κ1) is 20.3. The number of rotatable bonds is 1. The van der Waals surface area contributed by atoms with Crippen molar-refractivity contribution in [3.05, 3.63) is 66.7 Å². The molecular weight excluding hydrogens is 340 g/mol. The van der Waals surface area contributed by atoms with Crippen molar-refractivity contribution < 1.29 is 35.4 Å². The van der Waals surface area contributed by atoms with E-state index in [1.165, 1.54) is 61.7 Å². The highest BCUT2D eigenvalue weighted by Gasteiger charge is 1.99. The molecule has 7 nitrogen and oxygen atoms in total. The molecule has 6 N–H and O–H groups in total. The summed E-state index contributed by atoms with van der Waals surface area (Å²) in [6, 6.07) is 15.9. The first-order chi connectivity index (χ1) is 12.3. The Balaban J connectivity index is 0.000000197. The van der Waals surface area contributed by atoms with Gasteiger partial charge in [0.25, 0.3) is 0 Å². The van der Waals surface area contributed by atoms with Crippen molar-refractivity contribution in [3.8, 4) is 40.2 Å². The SMILES string of the molecule is COc1cc(O)ccc1O.Oc1ccc(O)cc1.Oc1ccccc1O. The van der Waals surface area contributed by atoms with Crippen LogP contribution in [-0.4, -0.2) is 37.7 Å². The third-order valence-electron chi connectivity index (χ3n) is 2.89. The zero-order chi connectivity index (χ0) is 19.5. The minimum absolute atomic E-state index is 0.0281. The topological polar surface area (TPSA) is 131 Å². The third kappa shape index (κ3) is 7.22. The summed E-state index contributed by atoms with van der Waals surface area (Å²) in [5, 5.41) is 52.5. The number of phenols is 6. The number of phenolic OH excluding ortho intramolecular Hbond substituents is 6. The zero-order valence-electron chi connectivity index (χ0n) is 13.9. The zero-order valence-corrected chi connectivity index (χ0v) is 13.9. The van der Waals surface area contributed by atoms with Crippen LogP contribution in [0.3, 0.4) is 0 Å². The predicted octanol–water partition coefficient (Wildman–Crippen LogP) is 3.30. The fourth-order valence-electron chi connectivity index (χ4n) is 1.58. The second-order valence-electron chi connectivity index (χ2n) is 4.86. The van der Waals surface area contributed by atoms with Crippen molar-refractivity contribution >= 4 is 0 Å². The number of hydrogen-bond donors (Lipinski definition) is 6. The highest BCUT2D eigenvalue weighted by Crippen LogP contribution is 2.28. The van der Waals surface area contributed by atoms with Gasteiger partial charge in [0.05, 0.1) is 7.11 Å². The first-order valence-electron chi connectivity index (χ1n) is 7.34. The van der Waals surface area contributed by atoms with Gasteiger partial charge in [-0.2, -0.15) is 0 Å². The van der Waals surface area contributed by atoms with E-state index in [0.717, 1.165) is 0 Å². The van der Waals surface area contributed by atoms with Gasteiger partial charge in [-0.25, -0.2) is 0 Å². The summed E-state index contributed by atoms with van der Waals surface area (Å²) in [6.07, 6.45) is 0. The molecule has 0 aromatic heterocycles. The largest absolute Gasteiger partial charge is 0.508 e. The van der Waals surface area contributed by atoms with Crippen molar-refractivity contribution in [2.24, 2.45) is 0 Å². The maximum atomic E-state index is 9.00. The Bertz CT molecular complexity index is 759. The van der Waals surface area contributed by atoms with Crippen LogP contribution in [0.15, 0.2) is 66.7 Å². The van der Waals surface area contributed by atoms with Crippen LogP contribution >= 0.6 is 0 Å². The van der Waals surface area contributed by atoms with Crippen LogP contribution in [0.4, 0.5) is 0 Å². The molecule has 0 saturated carbocycles. The highest BCUT2D eigenvalue weighted by atomic mass is 16.5. The summed E-state index contributed by atoms with van der Waals surface area (Å²) in [5.41, 5.74) is 0. The van der Waals surface area contributed by atoms with Gasteiger partial charge in [0, 0.05) is 6.07 Å². The van der Waals surface area contributed by atoms with Gasteiger partial charge in [0.15, 0.2) is 23.0 Å². The fraction of sp³-hybridized carbons (Fsp3) is 0.0526. The summed E-state index contributed by atoms with van der Waals surface area (Å²) < 4.78 is 4.72. The van der Waals surface area contributed by atoms with E-state index in [9.17, 15) is 0 Å². The van der Waals surface area contributed by atoms with Crippen LogP contribution in [-0.2, 0) is 0 Å². The first-order valence-corrected chi connectivity index (χ1v) is 7.34. The smallest absolute Gasteiger partial charge is 0.164 e. The Morgan fingerprint density at radius 1 is 0.538 bits per heavy atom. The van der Waals surface area contributed by atoms with Crippen molar-refractivity contribution in [1.82, 2.24) is 0 Å².